The van der Waals surface area contributed by atoms with Crippen molar-refractivity contribution < 1.29 is 4.90 Å². The summed E-state index contributed by atoms with van der Waals surface area (Å²) in [5.41, 5.74) is 2.26. The number of thiocarbonyl (C=S) groups is 1. The maximum atomic E-state index is 6.15. The summed E-state index contributed by atoms with van der Waals surface area (Å²) >= 11 is 11.6. The van der Waals surface area contributed by atoms with Gasteiger partial charge < -0.3 is 15.5 Å². The fourth-order valence-electron chi connectivity index (χ4n) is 3.14. The first-order valence-electron chi connectivity index (χ1n) is 8.40. The minimum absolute atomic E-state index is 0.437. The molecule has 0 atom stereocenters. The van der Waals surface area contributed by atoms with Crippen LogP contribution < -0.4 is 15.5 Å². The summed E-state index contributed by atoms with van der Waals surface area (Å²) < 4.78 is 0. The summed E-state index contributed by atoms with van der Waals surface area (Å²) in [5, 5.41) is 7.95. The number of para-hydroxylation sites is 1. The molecular weight excluding hydrogens is 338 g/mol. The van der Waals surface area contributed by atoms with Gasteiger partial charge in [0, 0.05) is 24.4 Å². The van der Waals surface area contributed by atoms with Crippen LogP contribution in [0.15, 0.2) is 54.6 Å². The number of rotatable bonds is 4. The number of hydrogen-bond acceptors (Lipinski definition) is 1. The third-order valence-corrected chi connectivity index (χ3v) is 5.00. The number of quaternary nitrogens is 1. The Hall–Kier alpha value is -1.62. The molecule has 5 heteroatoms. The van der Waals surface area contributed by atoms with E-state index in [9.17, 15) is 0 Å². The Bertz CT molecular complexity index is 669. The number of piperidine rings is 1. The van der Waals surface area contributed by atoms with Crippen molar-refractivity contribution in [1.29, 1.82) is 0 Å². The van der Waals surface area contributed by atoms with Gasteiger partial charge in [-0.15, -0.1) is 0 Å². The summed E-state index contributed by atoms with van der Waals surface area (Å²) in [6, 6.07) is 18.8. The number of nitrogens with one attached hydrogen (secondary N) is 3. The third-order valence-electron chi connectivity index (χ3n) is 4.45. The van der Waals surface area contributed by atoms with Crippen molar-refractivity contribution in [3.63, 3.8) is 0 Å². The quantitative estimate of drug-likeness (QED) is 0.732. The molecule has 126 valence electrons. The highest BCUT2D eigenvalue weighted by Gasteiger charge is 2.22. The van der Waals surface area contributed by atoms with Crippen molar-refractivity contribution in [3.05, 3.63) is 65.2 Å². The first-order chi connectivity index (χ1) is 11.7. The number of hydrogen-bond donors (Lipinski definition) is 3. The second-order valence-corrected chi connectivity index (χ2v) is 7.08. The van der Waals surface area contributed by atoms with E-state index in [4.69, 9.17) is 23.8 Å². The second kappa shape index (κ2) is 8.47. The number of benzene rings is 2. The lowest BCUT2D eigenvalue weighted by Gasteiger charge is -2.30. The van der Waals surface area contributed by atoms with Gasteiger partial charge in [0.1, 0.15) is 6.54 Å². The molecule has 0 aliphatic carbocycles. The van der Waals surface area contributed by atoms with Gasteiger partial charge in [-0.25, -0.2) is 0 Å². The highest BCUT2D eigenvalue weighted by molar-refractivity contribution is 7.80. The zero-order valence-electron chi connectivity index (χ0n) is 13.6. The molecule has 3 nitrogen and oxygen atoms in total. The average Bonchev–Trinajstić information content (AvgIpc) is 2.60. The largest absolute Gasteiger partial charge is 0.359 e. The molecule has 2 aromatic rings. The van der Waals surface area contributed by atoms with Gasteiger partial charge in [0.2, 0.25) is 0 Å². The van der Waals surface area contributed by atoms with Crippen LogP contribution in [0.1, 0.15) is 18.4 Å². The van der Waals surface area contributed by atoms with Crippen LogP contribution in [0.25, 0.3) is 0 Å². The van der Waals surface area contributed by atoms with E-state index in [1.165, 1.54) is 18.7 Å². The van der Waals surface area contributed by atoms with Gasteiger partial charge in [0.15, 0.2) is 5.11 Å². The van der Waals surface area contributed by atoms with Gasteiger partial charge in [-0.05, 0) is 24.4 Å². The molecule has 1 aliphatic rings. The molecule has 0 unspecified atom stereocenters. The first-order valence-corrected chi connectivity index (χ1v) is 9.19. The lowest BCUT2D eigenvalue weighted by Crippen LogP contribution is -3.12. The zero-order chi connectivity index (χ0) is 16.8. The van der Waals surface area contributed by atoms with Crippen LogP contribution >= 0.6 is 23.8 Å². The van der Waals surface area contributed by atoms with E-state index in [0.29, 0.717) is 16.2 Å². The zero-order valence-corrected chi connectivity index (χ0v) is 15.2. The predicted octanol–water partition coefficient (Wildman–Crippen LogP) is 2.87. The van der Waals surface area contributed by atoms with Crippen LogP contribution in [0.4, 0.5) is 5.69 Å². The van der Waals surface area contributed by atoms with Crippen molar-refractivity contribution in [2.75, 3.05) is 18.4 Å². The fourth-order valence-corrected chi connectivity index (χ4v) is 3.60. The van der Waals surface area contributed by atoms with Crippen LogP contribution in [0.5, 0.6) is 0 Å². The van der Waals surface area contributed by atoms with Gasteiger partial charge in [-0.1, -0.05) is 54.1 Å². The topological polar surface area (TPSA) is 28.5 Å². The molecule has 3 rings (SSSR count). The Morgan fingerprint density at radius 2 is 1.71 bits per heavy atom. The number of halogens is 1. The molecule has 0 bridgehead atoms. The molecular formula is C19H23ClN3S+. The Balaban J connectivity index is 1.43. The molecule has 1 aliphatic heterocycles. The van der Waals surface area contributed by atoms with E-state index in [0.717, 1.165) is 25.1 Å². The van der Waals surface area contributed by atoms with E-state index in [1.54, 1.807) is 4.90 Å². The van der Waals surface area contributed by atoms with Gasteiger partial charge in [0.05, 0.1) is 23.8 Å². The fraction of sp³-hybridized carbons (Fsp3) is 0.316. The smallest absolute Gasteiger partial charge is 0.171 e. The van der Waals surface area contributed by atoms with Crippen LogP contribution in [0.3, 0.4) is 0 Å². The van der Waals surface area contributed by atoms with Crippen molar-refractivity contribution >= 4 is 34.6 Å². The van der Waals surface area contributed by atoms with Crippen molar-refractivity contribution in [2.24, 2.45) is 0 Å². The monoisotopic (exact) mass is 360 g/mol. The van der Waals surface area contributed by atoms with Crippen molar-refractivity contribution in [3.8, 4) is 0 Å². The molecule has 0 amide bonds. The standard InChI is InChI=1S/C19H22ClN3S/c20-17-8-4-5-9-18(17)22-19(24)21-16-10-12-23(13-11-16)14-15-6-2-1-3-7-15/h1-9,16H,10-14H2,(H2,21,22,24)/p+1. The Morgan fingerprint density at radius 3 is 2.42 bits per heavy atom. The number of likely N-dealkylation sites (tertiary alicyclic amines) is 1. The van der Waals surface area contributed by atoms with Gasteiger partial charge in [-0.3, -0.25) is 0 Å². The molecule has 0 aromatic heterocycles. The summed E-state index contributed by atoms with van der Waals surface area (Å²) in [5.74, 6) is 0. The van der Waals surface area contributed by atoms with Crippen LogP contribution in [0.2, 0.25) is 5.02 Å². The minimum Gasteiger partial charge on any atom is -0.359 e. The van der Waals surface area contributed by atoms with Gasteiger partial charge >= 0.3 is 0 Å². The van der Waals surface area contributed by atoms with E-state index in [2.05, 4.69) is 41.0 Å². The number of anilines is 1. The lowest BCUT2D eigenvalue weighted by atomic mass is 10.0. The van der Waals surface area contributed by atoms with E-state index < -0.39 is 0 Å². The molecule has 3 N–H and O–H groups in total. The van der Waals surface area contributed by atoms with Gasteiger partial charge in [-0.2, -0.15) is 0 Å². The maximum absolute atomic E-state index is 6.15. The molecule has 1 fully saturated rings. The Morgan fingerprint density at radius 1 is 1.04 bits per heavy atom. The molecule has 0 radical (unpaired) electrons. The Labute approximate surface area is 154 Å². The summed E-state index contributed by atoms with van der Waals surface area (Å²) in [4.78, 5) is 1.64. The molecule has 1 saturated heterocycles. The van der Waals surface area contributed by atoms with Crippen molar-refractivity contribution in [1.82, 2.24) is 5.32 Å². The maximum Gasteiger partial charge on any atom is 0.171 e. The molecule has 0 saturated carbocycles. The average molecular weight is 361 g/mol. The van der Waals surface area contributed by atoms with E-state index in [-0.39, 0.29) is 0 Å². The molecule has 2 aromatic carbocycles. The van der Waals surface area contributed by atoms with Crippen molar-refractivity contribution in [2.45, 2.75) is 25.4 Å². The Kier molecular flexibility index (Phi) is 6.07. The second-order valence-electron chi connectivity index (χ2n) is 6.26. The summed E-state index contributed by atoms with van der Waals surface area (Å²) in [6.07, 6.45) is 2.26. The summed E-state index contributed by atoms with van der Waals surface area (Å²) in [6.45, 7) is 3.44. The van der Waals surface area contributed by atoms with Crippen LogP contribution in [-0.4, -0.2) is 24.2 Å². The molecule has 1 heterocycles. The van der Waals surface area contributed by atoms with Crippen LogP contribution in [0, 0.1) is 0 Å². The minimum atomic E-state index is 0.437. The molecule has 24 heavy (non-hydrogen) atoms. The van der Waals surface area contributed by atoms with E-state index >= 15 is 0 Å². The lowest BCUT2D eigenvalue weighted by molar-refractivity contribution is -0.918. The summed E-state index contributed by atoms with van der Waals surface area (Å²) in [7, 11) is 0. The van der Waals surface area contributed by atoms with Gasteiger partial charge in [0.25, 0.3) is 0 Å². The SMILES string of the molecule is S=C(Nc1ccccc1Cl)NC1CC[NH+](Cc2ccccc2)CC1. The first kappa shape index (κ1) is 17.2. The normalized spacial score (nSPS) is 20.4. The highest BCUT2D eigenvalue weighted by atomic mass is 35.5. The van der Waals surface area contributed by atoms with E-state index in [1.807, 2.05) is 24.3 Å². The molecule has 0 spiro atoms. The third kappa shape index (κ3) is 4.94. The highest BCUT2D eigenvalue weighted by Crippen LogP contribution is 2.20. The predicted molar refractivity (Wildman–Crippen MR) is 105 cm³/mol. The van der Waals surface area contributed by atoms with Crippen LogP contribution in [-0.2, 0) is 6.54 Å².